The van der Waals surface area contributed by atoms with Crippen LogP contribution in [0.5, 0.6) is 0 Å². The number of rotatable bonds is 4. The molecule has 0 radical (unpaired) electrons. The van der Waals surface area contributed by atoms with Crippen LogP contribution >= 0.6 is 0 Å². The second-order valence-electron chi connectivity index (χ2n) is 4.54. The first-order valence-electron chi connectivity index (χ1n) is 5.05. The first kappa shape index (κ1) is 7.60. The summed E-state index contributed by atoms with van der Waals surface area (Å²) >= 11 is 0. The molecule has 0 aromatic carbocycles. The summed E-state index contributed by atoms with van der Waals surface area (Å²) < 4.78 is 0. The van der Waals surface area contributed by atoms with Gasteiger partial charge in [0.15, 0.2) is 0 Å². The minimum absolute atomic E-state index is 0.614. The molecule has 2 aliphatic rings. The van der Waals surface area contributed by atoms with Gasteiger partial charge in [0.25, 0.3) is 0 Å². The highest BCUT2D eigenvalue weighted by Gasteiger charge is 2.36. The molecule has 1 heteroatoms. The van der Waals surface area contributed by atoms with Crippen molar-refractivity contribution in [3.8, 4) is 0 Å². The molecule has 0 bridgehead atoms. The molecule has 64 valence electrons. The lowest BCUT2D eigenvalue weighted by Gasteiger charge is -2.41. The Bertz CT molecular complexity index is 128. The predicted octanol–water partition coefficient (Wildman–Crippen LogP) is 2.31. The highest BCUT2D eigenvalue weighted by molar-refractivity contribution is 4.90. The van der Waals surface area contributed by atoms with E-state index >= 15 is 0 Å². The predicted molar refractivity (Wildman–Crippen MR) is 47.3 cm³/mol. The molecule has 2 N–H and O–H groups in total. The van der Waals surface area contributed by atoms with Gasteiger partial charge in [-0.1, -0.05) is 19.3 Å². The molecule has 0 aromatic rings. The van der Waals surface area contributed by atoms with E-state index in [1.54, 1.807) is 0 Å². The normalized spacial score (nSPS) is 28.1. The second kappa shape index (κ2) is 2.78. The van der Waals surface area contributed by atoms with Crippen LogP contribution in [0, 0.1) is 11.3 Å². The molecule has 0 heterocycles. The van der Waals surface area contributed by atoms with Gasteiger partial charge in [-0.3, -0.25) is 0 Å². The lowest BCUT2D eigenvalue weighted by atomic mass is 9.66. The third-order valence-corrected chi connectivity index (χ3v) is 3.63. The molecule has 2 rings (SSSR count). The Morgan fingerprint density at radius 1 is 1.27 bits per heavy atom. The highest BCUT2D eigenvalue weighted by atomic mass is 14.6. The van der Waals surface area contributed by atoms with E-state index in [4.69, 9.17) is 5.73 Å². The Balaban J connectivity index is 1.72. The molecule has 11 heavy (non-hydrogen) atoms. The highest BCUT2D eigenvalue weighted by Crippen LogP contribution is 2.47. The zero-order chi connectivity index (χ0) is 7.73. The third kappa shape index (κ3) is 1.58. The van der Waals surface area contributed by atoms with Crippen LogP contribution in [0.2, 0.25) is 0 Å². The van der Waals surface area contributed by atoms with Gasteiger partial charge in [-0.2, -0.15) is 0 Å². The fourth-order valence-electron chi connectivity index (χ4n) is 2.15. The largest absolute Gasteiger partial charge is 0.330 e. The Hall–Kier alpha value is -0.0400. The minimum Gasteiger partial charge on any atom is -0.330 e. The molecule has 2 fully saturated rings. The van der Waals surface area contributed by atoms with E-state index in [1.807, 2.05) is 0 Å². The maximum atomic E-state index is 5.78. The van der Waals surface area contributed by atoms with Crippen LogP contribution in [-0.2, 0) is 0 Å². The molecule has 1 nitrogen and oxygen atoms in total. The van der Waals surface area contributed by atoms with Crippen LogP contribution in [0.1, 0.15) is 44.9 Å². The summed E-state index contributed by atoms with van der Waals surface area (Å²) in [4.78, 5) is 0. The summed E-state index contributed by atoms with van der Waals surface area (Å²) in [5.74, 6) is 1.10. The Morgan fingerprint density at radius 3 is 2.36 bits per heavy atom. The topological polar surface area (TPSA) is 26.0 Å². The quantitative estimate of drug-likeness (QED) is 0.659. The van der Waals surface area contributed by atoms with Crippen molar-refractivity contribution < 1.29 is 0 Å². The van der Waals surface area contributed by atoms with Gasteiger partial charge in [-0.25, -0.2) is 0 Å². The zero-order valence-corrected chi connectivity index (χ0v) is 7.31. The summed E-state index contributed by atoms with van der Waals surface area (Å²) in [5, 5.41) is 0. The van der Waals surface area contributed by atoms with Crippen molar-refractivity contribution in [1.82, 2.24) is 0 Å². The molecule has 0 unspecified atom stereocenters. The van der Waals surface area contributed by atoms with E-state index in [9.17, 15) is 0 Å². The van der Waals surface area contributed by atoms with Gasteiger partial charge in [0, 0.05) is 0 Å². The van der Waals surface area contributed by atoms with Crippen LogP contribution in [0.15, 0.2) is 0 Å². The van der Waals surface area contributed by atoms with Gasteiger partial charge in [0.05, 0.1) is 0 Å². The van der Waals surface area contributed by atoms with Crippen molar-refractivity contribution in [2.24, 2.45) is 17.1 Å². The molecular formula is C10H19N. The summed E-state index contributed by atoms with van der Waals surface area (Å²) in [6, 6.07) is 0. The van der Waals surface area contributed by atoms with Crippen LogP contribution in [-0.4, -0.2) is 6.54 Å². The SMILES string of the molecule is NCC1(CCC2CC2)CCC1. The van der Waals surface area contributed by atoms with E-state index in [0.29, 0.717) is 5.41 Å². The van der Waals surface area contributed by atoms with E-state index < -0.39 is 0 Å². The summed E-state index contributed by atoms with van der Waals surface area (Å²) in [7, 11) is 0. The molecule has 0 amide bonds. The van der Waals surface area contributed by atoms with Gasteiger partial charge in [-0.15, -0.1) is 0 Å². The minimum atomic E-state index is 0.614. The van der Waals surface area contributed by atoms with Crippen molar-refractivity contribution in [2.75, 3.05) is 6.54 Å². The fraction of sp³-hybridized carbons (Fsp3) is 1.00. The van der Waals surface area contributed by atoms with E-state index in [2.05, 4.69) is 0 Å². The van der Waals surface area contributed by atoms with Crippen LogP contribution < -0.4 is 5.73 Å². The van der Waals surface area contributed by atoms with Crippen molar-refractivity contribution >= 4 is 0 Å². The average Bonchev–Trinajstić information content (AvgIpc) is 2.70. The second-order valence-corrected chi connectivity index (χ2v) is 4.54. The first-order chi connectivity index (χ1) is 5.35. The molecule has 0 spiro atoms. The number of hydrogen-bond acceptors (Lipinski definition) is 1. The van der Waals surface area contributed by atoms with Crippen molar-refractivity contribution in [1.29, 1.82) is 0 Å². The number of nitrogens with two attached hydrogens (primary N) is 1. The van der Waals surface area contributed by atoms with E-state index in [-0.39, 0.29) is 0 Å². The fourth-order valence-corrected chi connectivity index (χ4v) is 2.15. The molecule has 2 saturated carbocycles. The summed E-state index contributed by atoms with van der Waals surface area (Å²) in [6.07, 6.45) is 10.2. The lowest BCUT2D eigenvalue weighted by molar-refractivity contribution is 0.125. The van der Waals surface area contributed by atoms with Gasteiger partial charge < -0.3 is 5.73 Å². The molecule has 0 atom stereocenters. The smallest absolute Gasteiger partial charge is 0.00205 e. The molecule has 0 aliphatic heterocycles. The zero-order valence-electron chi connectivity index (χ0n) is 7.31. The average molecular weight is 153 g/mol. The van der Waals surface area contributed by atoms with Gasteiger partial charge in [0.2, 0.25) is 0 Å². The summed E-state index contributed by atoms with van der Waals surface area (Å²) in [6.45, 7) is 0.944. The standard InChI is InChI=1S/C10H19N/c11-8-10(5-1-6-10)7-4-9-2-3-9/h9H,1-8,11H2. The van der Waals surface area contributed by atoms with Crippen molar-refractivity contribution in [3.05, 3.63) is 0 Å². The van der Waals surface area contributed by atoms with E-state index in [0.717, 1.165) is 12.5 Å². The Labute approximate surface area is 69.4 Å². The van der Waals surface area contributed by atoms with Crippen LogP contribution in [0.25, 0.3) is 0 Å². The molecule has 0 aromatic heterocycles. The maximum absolute atomic E-state index is 5.78. The number of hydrogen-bond donors (Lipinski definition) is 1. The Morgan fingerprint density at radius 2 is 2.00 bits per heavy atom. The van der Waals surface area contributed by atoms with Crippen molar-refractivity contribution in [2.45, 2.75) is 44.9 Å². The van der Waals surface area contributed by atoms with Crippen LogP contribution in [0.3, 0.4) is 0 Å². The monoisotopic (exact) mass is 153 g/mol. The summed E-state index contributed by atoms with van der Waals surface area (Å²) in [5.41, 5.74) is 6.39. The molecule has 0 saturated heterocycles. The van der Waals surface area contributed by atoms with Gasteiger partial charge in [0.1, 0.15) is 0 Å². The lowest BCUT2D eigenvalue weighted by Crippen LogP contribution is -2.37. The third-order valence-electron chi connectivity index (χ3n) is 3.63. The first-order valence-corrected chi connectivity index (χ1v) is 5.05. The molecule has 2 aliphatic carbocycles. The molecular weight excluding hydrogens is 134 g/mol. The van der Waals surface area contributed by atoms with Gasteiger partial charge in [-0.05, 0) is 43.6 Å². The van der Waals surface area contributed by atoms with Gasteiger partial charge >= 0.3 is 0 Å². The van der Waals surface area contributed by atoms with E-state index in [1.165, 1.54) is 44.9 Å². The Kier molecular flexibility index (Phi) is 1.92. The van der Waals surface area contributed by atoms with Crippen molar-refractivity contribution in [3.63, 3.8) is 0 Å². The maximum Gasteiger partial charge on any atom is -0.00205 e. The van der Waals surface area contributed by atoms with Crippen LogP contribution in [0.4, 0.5) is 0 Å².